The molecule has 1 amide bonds. The first-order chi connectivity index (χ1) is 13.9. The molecule has 150 valence electrons. The molecule has 3 heterocycles. The molecular formula is C21H24N6O2. The second kappa shape index (κ2) is 8.55. The van der Waals surface area contributed by atoms with Gasteiger partial charge in [0.2, 0.25) is 5.91 Å². The predicted molar refractivity (Wildman–Crippen MR) is 113 cm³/mol. The van der Waals surface area contributed by atoms with Gasteiger partial charge in [0, 0.05) is 18.0 Å². The highest BCUT2D eigenvalue weighted by Gasteiger charge is 2.22. The van der Waals surface area contributed by atoms with Gasteiger partial charge in [0.05, 0.1) is 29.5 Å². The van der Waals surface area contributed by atoms with Crippen molar-refractivity contribution in [1.82, 2.24) is 14.6 Å². The maximum atomic E-state index is 13.0. The molecule has 3 aromatic rings. The summed E-state index contributed by atoms with van der Waals surface area (Å²) in [6, 6.07) is 10.7. The summed E-state index contributed by atoms with van der Waals surface area (Å²) >= 11 is 0. The van der Waals surface area contributed by atoms with Crippen LogP contribution in [0.15, 0.2) is 53.6 Å². The Morgan fingerprint density at radius 3 is 2.69 bits per heavy atom. The molecule has 0 aromatic carbocycles. The standard InChI is InChI=1S/C21H24N6O2/c1-13-9-11-27(24-12-16-6-4-5-10-23-16)21(29)19(13)14(2)20(28)26-17-7-8-18(22)25-15(17)3/h4-11,14,24H,12H2,1-3H3,(H2,22,25)(H,26,28). The normalized spacial score (nSPS) is 11.7. The molecule has 0 aliphatic rings. The van der Waals surface area contributed by atoms with Gasteiger partial charge in [0.1, 0.15) is 5.82 Å². The first-order valence-corrected chi connectivity index (χ1v) is 9.26. The van der Waals surface area contributed by atoms with Crippen molar-refractivity contribution in [3.8, 4) is 0 Å². The fourth-order valence-corrected chi connectivity index (χ4v) is 3.05. The van der Waals surface area contributed by atoms with Gasteiger partial charge in [-0.1, -0.05) is 6.07 Å². The van der Waals surface area contributed by atoms with Crippen LogP contribution in [-0.4, -0.2) is 20.6 Å². The molecule has 0 fully saturated rings. The van der Waals surface area contributed by atoms with Crippen molar-refractivity contribution in [1.29, 1.82) is 0 Å². The number of rotatable bonds is 6. The van der Waals surface area contributed by atoms with E-state index in [1.165, 1.54) is 4.68 Å². The summed E-state index contributed by atoms with van der Waals surface area (Å²) in [5.74, 6) is -0.555. The van der Waals surface area contributed by atoms with Crippen LogP contribution in [0, 0.1) is 13.8 Å². The van der Waals surface area contributed by atoms with Crippen molar-refractivity contribution >= 4 is 17.4 Å². The Kier molecular flexibility index (Phi) is 5.92. The Hall–Kier alpha value is -3.68. The Bertz CT molecular complexity index is 1080. The van der Waals surface area contributed by atoms with E-state index in [9.17, 15) is 9.59 Å². The average Bonchev–Trinajstić information content (AvgIpc) is 2.70. The summed E-state index contributed by atoms with van der Waals surface area (Å²) in [4.78, 5) is 34.2. The molecule has 4 N–H and O–H groups in total. The van der Waals surface area contributed by atoms with E-state index in [2.05, 4.69) is 20.7 Å². The SMILES string of the molecule is Cc1ccn(NCc2ccccn2)c(=O)c1C(C)C(=O)Nc1ccc(N)nc1C. The minimum Gasteiger partial charge on any atom is -0.384 e. The molecular weight excluding hydrogens is 368 g/mol. The van der Waals surface area contributed by atoms with Gasteiger partial charge >= 0.3 is 0 Å². The van der Waals surface area contributed by atoms with Crippen molar-refractivity contribution in [2.24, 2.45) is 0 Å². The minimum absolute atomic E-state index is 0.268. The van der Waals surface area contributed by atoms with Crippen LogP contribution in [0.1, 0.15) is 35.4 Å². The number of amides is 1. The Labute approximate surface area is 168 Å². The average molecular weight is 392 g/mol. The number of nitrogens with zero attached hydrogens (tertiary/aromatic N) is 3. The molecule has 0 aliphatic carbocycles. The lowest BCUT2D eigenvalue weighted by atomic mass is 9.97. The zero-order chi connectivity index (χ0) is 21.0. The van der Waals surface area contributed by atoms with E-state index in [0.717, 1.165) is 11.3 Å². The number of carbonyl (C=O) groups is 1. The van der Waals surface area contributed by atoms with E-state index in [1.807, 2.05) is 31.2 Å². The first-order valence-electron chi connectivity index (χ1n) is 9.26. The lowest BCUT2D eigenvalue weighted by Gasteiger charge is -2.17. The largest absolute Gasteiger partial charge is 0.384 e. The highest BCUT2D eigenvalue weighted by Crippen LogP contribution is 2.20. The van der Waals surface area contributed by atoms with Gasteiger partial charge in [-0.25, -0.2) is 9.66 Å². The van der Waals surface area contributed by atoms with E-state index < -0.39 is 5.92 Å². The van der Waals surface area contributed by atoms with E-state index in [0.29, 0.717) is 29.3 Å². The molecule has 0 spiro atoms. The van der Waals surface area contributed by atoms with Gasteiger partial charge in [0.25, 0.3) is 5.56 Å². The van der Waals surface area contributed by atoms with Crippen LogP contribution in [0.4, 0.5) is 11.5 Å². The predicted octanol–water partition coefficient (Wildman–Crippen LogP) is 2.32. The summed E-state index contributed by atoms with van der Waals surface area (Å²) in [6.07, 6.45) is 3.35. The maximum absolute atomic E-state index is 13.0. The van der Waals surface area contributed by atoms with Crippen molar-refractivity contribution in [2.75, 3.05) is 16.5 Å². The van der Waals surface area contributed by atoms with Crippen molar-refractivity contribution in [3.63, 3.8) is 0 Å². The van der Waals surface area contributed by atoms with E-state index in [4.69, 9.17) is 5.73 Å². The van der Waals surface area contributed by atoms with Crippen LogP contribution in [0.25, 0.3) is 0 Å². The molecule has 8 heteroatoms. The summed E-state index contributed by atoms with van der Waals surface area (Å²) in [5, 5.41) is 2.83. The number of carbonyl (C=O) groups excluding carboxylic acids is 1. The highest BCUT2D eigenvalue weighted by molar-refractivity contribution is 5.96. The molecule has 1 unspecified atom stereocenters. The molecule has 0 saturated carbocycles. The number of pyridine rings is 3. The lowest BCUT2D eigenvalue weighted by molar-refractivity contribution is -0.117. The zero-order valence-electron chi connectivity index (χ0n) is 16.6. The second-order valence-corrected chi connectivity index (χ2v) is 6.82. The number of nitrogen functional groups attached to an aromatic ring is 1. The van der Waals surface area contributed by atoms with Gasteiger partial charge < -0.3 is 16.5 Å². The number of anilines is 2. The molecule has 3 rings (SSSR count). The van der Waals surface area contributed by atoms with Crippen LogP contribution < -0.4 is 22.0 Å². The molecule has 0 saturated heterocycles. The molecule has 0 aliphatic heterocycles. The van der Waals surface area contributed by atoms with E-state index >= 15 is 0 Å². The number of hydrogen-bond acceptors (Lipinski definition) is 6. The van der Waals surface area contributed by atoms with Gasteiger partial charge in [-0.05, 0) is 56.7 Å². The van der Waals surface area contributed by atoms with Crippen molar-refractivity contribution in [2.45, 2.75) is 33.2 Å². The van der Waals surface area contributed by atoms with Crippen LogP contribution in [0.2, 0.25) is 0 Å². The number of hydrogen-bond donors (Lipinski definition) is 3. The fraction of sp³-hybridized carbons (Fsp3) is 0.238. The summed E-state index contributed by atoms with van der Waals surface area (Å²) in [5.41, 5.74) is 11.6. The number of aryl methyl sites for hydroxylation is 2. The minimum atomic E-state index is -0.649. The number of nitrogens with two attached hydrogens (primary N) is 1. The highest BCUT2D eigenvalue weighted by atomic mass is 16.2. The smallest absolute Gasteiger partial charge is 0.273 e. The third-order valence-corrected chi connectivity index (χ3v) is 4.70. The summed E-state index contributed by atoms with van der Waals surface area (Å²) < 4.78 is 1.39. The van der Waals surface area contributed by atoms with Crippen LogP contribution >= 0.6 is 0 Å². The Balaban J connectivity index is 1.81. The van der Waals surface area contributed by atoms with Crippen molar-refractivity contribution < 1.29 is 4.79 Å². The fourth-order valence-electron chi connectivity index (χ4n) is 3.05. The number of nitrogens with one attached hydrogen (secondary N) is 2. The molecule has 0 bridgehead atoms. The zero-order valence-corrected chi connectivity index (χ0v) is 16.6. The first kappa shape index (κ1) is 20.1. The maximum Gasteiger partial charge on any atom is 0.273 e. The number of aromatic nitrogens is 3. The Morgan fingerprint density at radius 1 is 1.21 bits per heavy atom. The van der Waals surface area contributed by atoms with Crippen LogP contribution in [-0.2, 0) is 11.3 Å². The second-order valence-electron chi connectivity index (χ2n) is 6.82. The van der Waals surface area contributed by atoms with E-state index in [1.54, 1.807) is 38.4 Å². The third kappa shape index (κ3) is 4.60. The molecule has 1 atom stereocenters. The summed E-state index contributed by atoms with van der Waals surface area (Å²) in [7, 11) is 0. The van der Waals surface area contributed by atoms with Crippen LogP contribution in [0.3, 0.4) is 0 Å². The van der Waals surface area contributed by atoms with Gasteiger partial charge in [0.15, 0.2) is 0 Å². The molecule has 8 nitrogen and oxygen atoms in total. The van der Waals surface area contributed by atoms with E-state index in [-0.39, 0.29) is 11.5 Å². The van der Waals surface area contributed by atoms with Gasteiger partial charge in [-0.3, -0.25) is 14.6 Å². The van der Waals surface area contributed by atoms with Crippen LogP contribution in [0.5, 0.6) is 0 Å². The van der Waals surface area contributed by atoms with Gasteiger partial charge in [-0.15, -0.1) is 0 Å². The Morgan fingerprint density at radius 2 is 2.00 bits per heavy atom. The molecule has 29 heavy (non-hydrogen) atoms. The topological polar surface area (TPSA) is 115 Å². The molecule has 0 radical (unpaired) electrons. The lowest BCUT2D eigenvalue weighted by Crippen LogP contribution is -2.34. The molecule has 3 aromatic heterocycles. The van der Waals surface area contributed by atoms with Crippen molar-refractivity contribution in [3.05, 3.63) is 81.7 Å². The third-order valence-electron chi connectivity index (χ3n) is 4.70. The quantitative estimate of drug-likeness (QED) is 0.593. The summed E-state index contributed by atoms with van der Waals surface area (Å²) in [6.45, 7) is 5.68. The monoisotopic (exact) mass is 392 g/mol. The van der Waals surface area contributed by atoms with Gasteiger partial charge in [-0.2, -0.15) is 0 Å².